The van der Waals surface area contributed by atoms with Crippen molar-refractivity contribution in [2.75, 3.05) is 19.7 Å². The number of nitrogens with one attached hydrogen (secondary N) is 1. The Morgan fingerprint density at radius 3 is 2.48 bits per heavy atom. The number of esters is 1. The molecule has 1 aromatic heterocycles. The fourth-order valence-electron chi connectivity index (χ4n) is 4.88. The Morgan fingerprint density at radius 1 is 1.07 bits per heavy atom. The standard InChI is InChI=1S/C21H29N3O3/c1-2-27-20(25)15-7-9-16(10-8-15)23-13-11-17(12-14-23)24-19-6-4-3-5-18(19)22-21(24)26/h3-6,15-17H,2,7-14H2,1H3,(H,22,26)/t15-,16-. The van der Waals surface area contributed by atoms with Crippen LogP contribution in [0.2, 0.25) is 0 Å². The molecule has 2 fully saturated rings. The number of rotatable bonds is 4. The average molecular weight is 371 g/mol. The zero-order chi connectivity index (χ0) is 18.8. The highest BCUT2D eigenvalue weighted by Crippen LogP contribution is 2.32. The van der Waals surface area contributed by atoms with E-state index in [2.05, 4.69) is 9.88 Å². The van der Waals surface area contributed by atoms with Gasteiger partial charge in [-0.05, 0) is 57.6 Å². The van der Waals surface area contributed by atoms with Crippen LogP contribution in [0.25, 0.3) is 11.0 Å². The minimum absolute atomic E-state index is 0.00425. The summed E-state index contributed by atoms with van der Waals surface area (Å²) < 4.78 is 7.12. The van der Waals surface area contributed by atoms with Crippen molar-refractivity contribution >= 4 is 17.0 Å². The Balaban J connectivity index is 1.35. The predicted octanol–water partition coefficient (Wildman–Crippen LogP) is 3.09. The number of nitrogens with zero attached hydrogens (tertiary/aromatic N) is 2. The molecule has 0 radical (unpaired) electrons. The third-order valence-corrected chi connectivity index (χ3v) is 6.32. The van der Waals surface area contributed by atoms with Gasteiger partial charge in [-0.15, -0.1) is 0 Å². The predicted molar refractivity (Wildman–Crippen MR) is 105 cm³/mol. The van der Waals surface area contributed by atoms with Crippen LogP contribution in [0.15, 0.2) is 29.1 Å². The van der Waals surface area contributed by atoms with Gasteiger partial charge in [0.2, 0.25) is 0 Å². The second-order valence-corrected chi connectivity index (χ2v) is 7.84. The summed E-state index contributed by atoms with van der Waals surface area (Å²) in [5.41, 5.74) is 1.93. The normalized spacial score (nSPS) is 24.9. The van der Waals surface area contributed by atoms with Crippen LogP contribution in [0, 0.1) is 5.92 Å². The number of H-pyrrole nitrogens is 1. The lowest BCUT2D eigenvalue weighted by Crippen LogP contribution is -2.44. The lowest BCUT2D eigenvalue weighted by molar-refractivity contribution is -0.149. The van der Waals surface area contributed by atoms with Gasteiger partial charge >= 0.3 is 11.7 Å². The molecule has 1 saturated heterocycles. The van der Waals surface area contributed by atoms with E-state index in [0.29, 0.717) is 12.6 Å². The summed E-state index contributed by atoms with van der Waals surface area (Å²) in [5, 5.41) is 0. The third kappa shape index (κ3) is 3.68. The van der Waals surface area contributed by atoms with Crippen LogP contribution >= 0.6 is 0 Å². The maximum Gasteiger partial charge on any atom is 0.326 e. The van der Waals surface area contributed by atoms with Crippen LogP contribution in [0.3, 0.4) is 0 Å². The van der Waals surface area contributed by atoms with E-state index in [1.807, 2.05) is 35.8 Å². The number of fused-ring (bicyclic) bond motifs is 1. The van der Waals surface area contributed by atoms with Crippen molar-refractivity contribution in [3.05, 3.63) is 34.7 Å². The fraction of sp³-hybridized carbons (Fsp3) is 0.619. The number of carbonyl (C=O) groups is 1. The van der Waals surface area contributed by atoms with Crippen molar-refractivity contribution < 1.29 is 9.53 Å². The molecule has 2 heterocycles. The van der Waals surface area contributed by atoms with Crippen molar-refractivity contribution in [1.29, 1.82) is 0 Å². The summed E-state index contributed by atoms with van der Waals surface area (Å²) in [5.74, 6) is 0.0666. The molecule has 2 aromatic rings. The van der Waals surface area contributed by atoms with Crippen LogP contribution in [0.5, 0.6) is 0 Å². The lowest BCUT2D eigenvalue weighted by Gasteiger charge is -2.40. The zero-order valence-electron chi connectivity index (χ0n) is 16.0. The number of para-hydroxylation sites is 2. The highest BCUT2D eigenvalue weighted by atomic mass is 16.5. The molecule has 0 spiro atoms. The summed E-state index contributed by atoms with van der Waals surface area (Å²) in [7, 11) is 0. The molecule has 2 aliphatic rings. The number of hydrogen-bond acceptors (Lipinski definition) is 4. The molecule has 1 saturated carbocycles. The fourth-order valence-corrected chi connectivity index (χ4v) is 4.88. The smallest absolute Gasteiger partial charge is 0.326 e. The van der Waals surface area contributed by atoms with E-state index in [0.717, 1.165) is 62.6 Å². The van der Waals surface area contributed by atoms with E-state index >= 15 is 0 Å². The van der Waals surface area contributed by atoms with E-state index in [4.69, 9.17) is 4.74 Å². The first-order chi connectivity index (χ1) is 13.2. The second kappa shape index (κ2) is 7.89. The minimum Gasteiger partial charge on any atom is -0.466 e. The number of piperidine rings is 1. The topological polar surface area (TPSA) is 67.3 Å². The van der Waals surface area contributed by atoms with Gasteiger partial charge in [0, 0.05) is 25.2 Å². The maximum absolute atomic E-state index is 12.4. The summed E-state index contributed by atoms with van der Waals surface area (Å²) in [6.45, 7) is 4.38. The number of benzene rings is 1. The molecule has 0 amide bonds. The molecule has 1 aliphatic carbocycles. The van der Waals surface area contributed by atoms with E-state index in [9.17, 15) is 9.59 Å². The molecular weight excluding hydrogens is 342 g/mol. The first kappa shape index (κ1) is 18.3. The Labute approximate surface area is 159 Å². The highest BCUT2D eigenvalue weighted by molar-refractivity contribution is 5.75. The van der Waals surface area contributed by atoms with Gasteiger partial charge in [0.15, 0.2) is 0 Å². The van der Waals surface area contributed by atoms with Gasteiger partial charge in [0.25, 0.3) is 0 Å². The molecule has 0 unspecified atom stereocenters. The quantitative estimate of drug-likeness (QED) is 0.839. The molecular formula is C21H29N3O3. The van der Waals surface area contributed by atoms with Gasteiger partial charge in [-0.3, -0.25) is 9.36 Å². The summed E-state index contributed by atoms with van der Waals surface area (Å²) >= 11 is 0. The number of likely N-dealkylation sites (tertiary alicyclic amines) is 1. The van der Waals surface area contributed by atoms with Crippen molar-refractivity contribution in [2.24, 2.45) is 5.92 Å². The Bertz CT molecular complexity index is 840. The first-order valence-electron chi connectivity index (χ1n) is 10.3. The van der Waals surface area contributed by atoms with Gasteiger partial charge in [0.05, 0.1) is 23.6 Å². The van der Waals surface area contributed by atoms with Gasteiger partial charge in [-0.25, -0.2) is 4.79 Å². The Hall–Kier alpha value is -2.08. The minimum atomic E-state index is -0.0200. The Kier molecular flexibility index (Phi) is 5.34. The van der Waals surface area contributed by atoms with E-state index < -0.39 is 0 Å². The second-order valence-electron chi connectivity index (χ2n) is 7.84. The van der Waals surface area contributed by atoms with E-state index in [-0.39, 0.29) is 23.6 Å². The molecule has 0 atom stereocenters. The number of ether oxygens (including phenoxy) is 1. The Morgan fingerprint density at radius 2 is 1.78 bits per heavy atom. The number of aromatic nitrogens is 2. The van der Waals surface area contributed by atoms with Crippen LogP contribution in [0.4, 0.5) is 0 Å². The number of hydrogen-bond donors (Lipinski definition) is 1. The average Bonchev–Trinajstić information content (AvgIpc) is 3.04. The van der Waals surface area contributed by atoms with Crippen LogP contribution in [-0.2, 0) is 9.53 Å². The SMILES string of the molecule is CCOC(=O)[C@H]1CC[C@H](N2CCC(n3c(=O)[nH]c4ccccc43)CC2)CC1. The monoisotopic (exact) mass is 371 g/mol. The number of carbonyl (C=O) groups excluding carboxylic acids is 1. The lowest BCUT2D eigenvalue weighted by atomic mass is 9.84. The number of aromatic amines is 1. The van der Waals surface area contributed by atoms with Crippen LogP contribution in [0.1, 0.15) is 51.5 Å². The van der Waals surface area contributed by atoms with Crippen LogP contribution in [-0.4, -0.2) is 46.2 Å². The van der Waals surface area contributed by atoms with Gasteiger partial charge in [0.1, 0.15) is 0 Å². The molecule has 4 rings (SSSR count). The molecule has 1 N–H and O–H groups in total. The largest absolute Gasteiger partial charge is 0.466 e. The van der Waals surface area contributed by atoms with Crippen molar-refractivity contribution in [3.8, 4) is 0 Å². The van der Waals surface area contributed by atoms with E-state index in [1.54, 1.807) is 0 Å². The van der Waals surface area contributed by atoms with E-state index in [1.165, 1.54) is 0 Å². The van der Waals surface area contributed by atoms with Crippen molar-refractivity contribution in [1.82, 2.24) is 14.5 Å². The molecule has 146 valence electrons. The molecule has 1 aromatic carbocycles. The molecule has 27 heavy (non-hydrogen) atoms. The first-order valence-corrected chi connectivity index (χ1v) is 10.3. The van der Waals surface area contributed by atoms with Crippen molar-refractivity contribution in [3.63, 3.8) is 0 Å². The molecule has 0 bridgehead atoms. The maximum atomic E-state index is 12.4. The zero-order valence-corrected chi connectivity index (χ0v) is 16.0. The summed E-state index contributed by atoms with van der Waals surface area (Å²) in [6.07, 6.45) is 6.01. The number of imidazole rings is 1. The summed E-state index contributed by atoms with van der Waals surface area (Å²) in [4.78, 5) is 29.9. The van der Waals surface area contributed by atoms with Gasteiger partial charge in [-0.2, -0.15) is 0 Å². The highest BCUT2D eigenvalue weighted by Gasteiger charge is 2.32. The van der Waals surface area contributed by atoms with Crippen LogP contribution < -0.4 is 5.69 Å². The van der Waals surface area contributed by atoms with Gasteiger partial charge < -0.3 is 14.6 Å². The summed E-state index contributed by atoms with van der Waals surface area (Å²) in [6, 6.07) is 8.76. The molecule has 6 heteroatoms. The molecule has 6 nitrogen and oxygen atoms in total. The van der Waals surface area contributed by atoms with Crippen molar-refractivity contribution in [2.45, 2.75) is 57.5 Å². The molecule has 1 aliphatic heterocycles. The third-order valence-electron chi connectivity index (χ3n) is 6.32. The van der Waals surface area contributed by atoms with Gasteiger partial charge in [-0.1, -0.05) is 12.1 Å².